The van der Waals surface area contributed by atoms with Gasteiger partial charge in [0.15, 0.2) is 0 Å². The van der Waals surface area contributed by atoms with E-state index in [0.29, 0.717) is 12.8 Å². The zero-order chi connectivity index (χ0) is 32.4. The minimum Gasteiger partial charge on any atom is -0.481 e. The Morgan fingerprint density at radius 3 is 1.14 bits per heavy atom. The van der Waals surface area contributed by atoms with E-state index in [1.165, 1.54) is 167 Å². The Labute approximate surface area is 274 Å². The molecule has 4 nitrogen and oxygen atoms in total. The van der Waals surface area contributed by atoms with E-state index in [2.05, 4.69) is 26.0 Å². The van der Waals surface area contributed by atoms with Crippen molar-refractivity contribution in [1.82, 2.24) is 0 Å². The lowest BCUT2D eigenvalue weighted by Crippen LogP contribution is -2.16. The van der Waals surface area contributed by atoms with Crippen LogP contribution in [0, 0.1) is 11.8 Å². The molecule has 2 N–H and O–H groups in total. The molecule has 0 saturated heterocycles. The lowest BCUT2D eigenvalue weighted by molar-refractivity contribution is -0.138. The Hall–Kier alpha value is -1.32. The van der Waals surface area contributed by atoms with Gasteiger partial charge in [-0.15, -0.1) is 0 Å². The molecule has 260 valence electrons. The van der Waals surface area contributed by atoms with Gasteiger partial charge in [0.05, 0.1) is 0 Å². The molecule has 0 aromatic rings. The molecule has 0 saturated carbocycles. The summed E-state index contributed by atoms with van der Waals surface area (Å²) in [5.41, 5.74) is 0. The van der Waals surface area contributed by atoms with Gasteiger partial charge < -0.3 is 10.2 Å². The first-order chi connectivity index (χ1) is 21.5. The molecule has 0 aliphatic rings. The third-order valence-electron chi connectivity index (χ3n) is 9.62. The van der Waals surface area contributed by atoms with Crippen LogP contribution in [0.3, 0.4) is 0 Å². The first kappa shape index (κ1) is 42.7. The van der Waals surface area contributed by atoms with Crippen LogP contribution in [-0.4, -0.2) is 22.2 Å². The number of allylic oxidation sites excluding steroid dienone is 2. The second-order valence-corrected chi connectivity index (χ2v) is 13.8. The van der Waals surface area contributed by atoms with E-state index in [4.69, 9.17) is 10.2 Å². The van der Waals surface area contributed by atoms with E-state index in [9.17, 15) is 9.59 Å². The number of unbranched alkanes of at least 4 members (excludes halogenated alkanes) is 21. The molecule has 2 atom stereocenters. The zero-order valence-corrected chi connectivity index (χ0v) is 29.6. The van der Waals surface area contributed by atoms with Crippen molar-refractivity contribution in [2.24, 2.45) is 11.8 Å². The summed E-state index contributed by atoms with van der Waals surface area (Å²) >= 11 is 0. The maximum Gasteiger partial charge on any atom is 0.303 e. The summed E-state index contributed by atoms with van der Waals surface area (Å²) in [6, 6.07) is 0. The summed E-state index contributed by atoms with van der Waals surface area (Å²) in [4.78, 5) is 21.6. The highest BCUT2D eigenvalue weighted by Crippen LogP contribution is 2.33. The van der Waals surface area contributed by atoms with Crippen LogP contribution >= 0.6 is 0 Å². The molecule has 0 fully saturated rings. The predicted molar refractivity (Wildman–Crippen MR) is 190 cm³/mol. The van der Waals surface area contributed by atoms with Crippen molar-refractivity contribution in [2.45, 2.75) is 219 Å². The Bertz CT molecular complexity index is 643. The van der Waals surface area contributed by atoms with Crippen LogP contribution in [0.25, 0.3) is 0 Å². The van der Waals surface area contributed by atoms with Crippen molar-refractivity contribution in [2.75, 3.05) is 0 Å². The molecule has 4 heteroatoms. The minimum atomic E-state index is -0.665. The molecule has 44 heavy (non-hydrogen) atoms. The Balaban J connectivity index is 4.89. The first-order valence-electron chi connectivity index (χ1n) is 19.6. The van der Waals surface area contributed by atoms with Gasteiger partial charge in [0.25, 0.3) is 0 Å². The van der Waals surface area contributed by atoms with Gasteiger partial charge in [0, 0.05) is 12.8 Å². The van der Waals surface area contributed by atoms with Gasteiger partial charge in [0.2, 0.25) is 0 Å². The summed E-state index contributed by atoms with van der Waals surface area (Å²) in [5.74, 6) is 0.310. The number of carbonyl (C=O) groups is 2. The number of carboxylic acids is 2. The fraction of sp³-hybridized carbons (Fsp3) is 0.900. The number of rotatable bonds is 36. The number of aliphatic carboxylic acids is 2. The van der Waals surface area contributed by atoms with E-state index in [0.717, 1.165) is 37.5 Å². The third-order valence-corrected chi connectivity index (χ3v) is 9.62. The van der Waals surface area contributed by atoms with Crippen molar-refractivity contribution in [3.8, 4) is 0 Å². The molecule has 0 aliphatic carbocycles. The van der Waals surface area contributed by atoms with Gasteiger partial charge in [-0.3, -0.25) is 9.59 Å². The maximum absolute atomic E-state index is 10.8. The second-order valence-electron chi connectivity index (χ2n) is 13.8. The highest BCUT2D eigenvalue weighted by Gasteiger charge is 2.20. The molecular weight excluding hydrogens is 544 g/mol. The van der Waals surface area contributed by atoms with Crippen LogP contribution < -0.4 is 0 Å². The minimum absolute atomic E-state index is 0.313. The highest BCUT2D eigenvalue weighted by atomic mass is 16.4. The average Bonchev–Trinajstić information content (AvgIpc) is 3.00. The van der Waals surface area contributed by atoms with E-state index < -0.39 is 11.9 Å². The van der Waals surface area contributed by atoms with Crippen molar-refractivity contribution >= 4 is 11.9 Å². The predicted octanol–water partition coefficient (Wildman–Crippen LogP) is 13.5. The summed E-state index contributed by atoms with van der Waals surface area (Å²) in [6.45, 7) is 4.57. The smallest absolute Gasteiger partial charge is 0.303 e. The Morgan fingerprint density at radius 2 is 0.727 bits per heavy atom. The molecular formula is C40H76O4. The molecule has 0 rings (SSSR count). The fourth-order valence-electron chi connectivity index (χ4n) is 6.79. The molecule has 0 aromatic heterocycles. The quantitative estimate of drug-likeness (QED) is 0.0540. The van der Waals surface area contributed by atoms with Crippen molar-refractivity contribution < 1.29 is 19.8 Å². The van der Waals surface area contributed by atoms with Crippen LogP contribution in [0.4, 0.5) is 0 Å². The van der Waals surface area contributed by atoms with Crippen LogP contribution in [0.15, 0.2) is 12.2 Å². The van der Waals surface area contributed by atoms with Gasteiger partial charge in [-0.1, -0.05) is 180 Å². The fourth-order valence-corrected chi connectivity index (χ4v) is 6.79. The van der Waals surface area contributed by atoms with Crippen LogP contribution in [0.1, 0.15) is 219 Å². The molecule has 0 aromatic carbocycles. The van der Waals surface area contributed by atoms with Gasteiger partial charge in [-0.05, 0) is 50.4 Å². The van der Waals surface area contributed by atoms with Crippen molar-refractivity contribution in [3.05, 3.63) is 12.2 Å². The largest absolute Gasteiger partial charge is 0.481 e. The third kappa shape index (κ3) is 32.1. The summed E-state index contributed by atoms with van der Waals surface area (Å²) < 4.78 is 0. The van der Waals surface area contributed by atoms with Crippen LogP contribution in [0.5, 0.6) is 0 Å². The molecule has 0 amide bonds. The number of hydrogen-bond acceptors (Lipinski definition) is 2. The summed E-state index contributed by atoms with van der Waals surface area (Å²) in [7, 11) is 0. The normalized spacial score (nSPS) is 13.0. The topological polar surface area (TPSA) is 74.6 Å². The Morgan fingerprint density at radius 1 is 0.409 bits per heavy atom. The molecule has 2 unspecified atom stereocenters. The monoisotopic (exact) mass is 621 g/mol. The molecule has 0 heterocycles. The molecule has 0 radical (unpaired) electrons. The highest BCUT2D eigenvalue weighted by molar-refractivity contribution is 5.66. The maximum atomic E-state index is 10.8. The average molecular weight is 621 g/mol. The van der Waals surface area contributed by atoms with E-state index >= 15 is 0 Å². The second kappa shape index (κ2) is 34.6. The standard InChI is InChI=1S/C40H76O4/c1-3-5-7-9-11-13-15-20-26-32-38(34-28-22-18-24-30-36-40(43)44)37(31-25-19-14-12-10-8-6-4-2)33-27-21-16-17-23-29-35-39(41)42/h15,20,37-38H,3-14,16-19,21-36H2,1-2H3,(H,41,42)(H,43,44)/b20-15-. The lowest BCUT2D eigenvalue weighted by Gasteiger charge is -2.28. The van der Waals surface area contributed by atoms with E-state index in [-0.39, 0.29) is 0 Å². The number of hydrogen-bond donors (Lipinski definition) is 2. The van der Waals surface area contributed by atoms with Gasteiger partial charge in [-0.2, -0.15) is 0 Å². The Kier molecular flexibility index (Phi) is 33.5. The first-order valence-corrected chi connectivity index (χ1v) is 19.6. The lowest BCUT2D eigenvalue weighted by atomic mass is 9.78. The van der Waals surface area contributed by atoms with Gasteiger partial charge in [0.1, 0.15) is 0 Å². The molecule has 0 spiro atoms. The van der Waals surface area contributed by atoms with Crippen LogP contribution in [0.2, 0.25) is 0 Å². The molecule has 0 bridgehead atoms. The van der Waals surface area contributed by atoms with E-state index in [1.807, 2.05) is 0 Å². The van der Waals surface area contributed by atoms with Crippen molar-refractivity contribution in [1.29, 1.82) is 0 Å². The summed E-state index contributed by atoms with van der Waals surface area (Å²) in [6.07, 6.45) is 43.7. The van der Waals surface area contributed by atoms with Crippen molar-refractivity contribution in [3.63, 3.8) is 0 Å². The van der Waals surface area contributed by atoms with Gasteiger partial charge in [-0.25, -0.2) is 0 Å². The summed E-state index contributed by atoms with van der Waals surface area (Å²) in [5, 5.41) is 17.8. The van der Waals surface area contributed by atoms with Crippen LogP contribution in [-0.2, 0) is 9.59 Å². The zero-order valence-electron chi connectivity index (χ0n) is 29.6. The van der Waals surface area contributed by atoms with E-state index in [1.54, 1.807) is 0 Å². The molecule has 0 aliphatic heterocycles. The SMILES string of the molecule is CCCCCCC/C=C\CCC(CCCCCCCC(=O)O)C(CCCCCCCCCC)CCCCCCCCC(=O)O. The number of carboxylic acid groups (broad SMARTS) is 2. The van der Waals surface area contributed by atoms with Gasteiger partial charge >= 0.3 is 11.9 Å².